The fraction of sp³-hybridized carbons (Fsp3) is 0.455. The van der Waals surface area contributed by atoms with Crippen molar-refractivity contribution in [2.75, 3.05) is 26.2 Å². The van der Waals surface area contributed by atoms with E-state index in [-0.39, 0.29) is 16.6 Å². The summed E-state index contributed by atoms with van der Waals surface area (Å²) < 4.78 is 47.2. The maximum Gasteiger partial charge on any atom is 0.268 e. The molecular weight excluding hydrogens is 451 g/mol. The van der Waals surface area contributed by atoms with E-state index in [2.05, 4.69) is 26.7 Å². The van der Waals surface area contributed by atoms with Gasteiger partial charge in [0, 0.05) is 23.5 Å². The fourth-order valence-electron chi connectivity index (χ4n) is 3.98. The normalized spacial score (nSPS) is 17.7. The lowest BCUT2D eigenvalue weighted by molar-refractivity contribution is 0.182. The number of rotatable bonds is 8. The van der Waals surface area contributed by atoms with Gasteiger partial charge in [0.05, 0.1) is 9.77 Å². The van der Waals surface area contributed by atoms with Crippen LogP contribution in [0, 0.1) is 18.7 Å². The van der Waals surface area contributed by atoms with Crippen molar-refractivity contribution in [3.63, 3.8) is 0 Å². The van der Waals surface area contributed by atoms with Crippen LogP contribution in [0.4, 0.5) is 4.39 Å². The van der Waals surface area contributed by atoms with Crippen LogP contribution in [0.1, 0.15) is 31.1 Å². The van der Waals surface area contributed by atoms with Gasteiger partial charge >= 0.3 is 0 Å². The zero-order valence-corrected chi connectivity index (χ0v) is 19.8. The molecule has 1 N–H and O–H groups in total. The van der Waals surface area contributed by atoms with Gasteiger partial charge in [-0.2, -0.15) is 4.98 Å². The topological polar surface area (TPSA) is 88.3 Å². The quantitative estimate of drug-likeness (QED) is 0.485. The molecule has 0 saturated carbocycles. The van der Waals surface area contributed by atoms with Crippen molar-refractivity contribution < 1.29 is 17.3 Å². The Morgan fingerprint density at radius 2 is 2.19 bits per heavy atom. The number of piperidine rings is 1. The number of benzene rings is 1. The molecule has 2 aromatic heterocycles. The molecule has 1 aliphatic rings. The van der Waals surface area contributed by atoms with E-state index in [9.17, 15) is 12.8 Å². The van der Waals surface area contributed by atoms with Crippen LogP contribution in [-0.2, 0) is 10.0 Å². The molecule has 172 valence electrons. The Balaban J connectivity index is 1.40. The maximum atomic E-state index is 13.5. The van der Waals surface area contributed by atoms with E-state index in [4.69, 9.17) is 4.52 Å². The Morgan fingerprint density at radius 3 is 2.97 bits per heavy atom. The van der Waals surface area contributed by atoms with Gasteiger partial charge in [0.2, 0.25) is 15.8 Å². The molecule has 1 aliphatic heterocycles. The molecule has 3 heterocycles. The summed E-state index contributed by atoms with van der Waals surface area (Å²) in [6, 6.07) is 7.46. The van der Waals surface area contributed by atoms with E-state index >= 15 is 0 Å². The molecular formula is C22H27FN4O3S2. The number of nitrogens with one attached hydrogen (secondary N) is 1. The van der Waals surface area contributed by atoms with E-state index in [1.54, 1.807) is 25.1 Å². The Bertz CT molecular complexity index is 1180. The van der Waals surface area contributed by atoms with E-state index in [0.29, 0.717) is 27.8 Å². The number of halogens is 1. The molecule has 1 saturated heterocycles. The number of aryl methyl sites for hydroxylation is 1. The number of aromatic nitrogens is 2. The van der Waals surface area contributed by atoms with Crippen LogP contribution >= 0.6 is 11.3 Å². The minimum atomic E-state index is -3.64. The Labute approximate surface area is 191 Å². The molecule has 0 bridgehead atoms. The average Bonchev–Trinajstić information content (AvgIpc) is 3.39. The third-order valence-electron chi connectivity index (χ3n) is 5.57. The first kappa shape index (κ1) is 23.0. The van der Waals surface area contributed by atoms with Crippen molar-refractivity contribution in [1.82, 2.24) is 19.8 Å². The first-order chi connectivity index (χ1) is 15.3. The van der Waals surface area contributed by atoms with Gasteiger partial charge < -0.3 is 9.42 Å². The van der Waals surface area contributed by atoms with E-state index in [1.807, 2.05) is 0 Å². The van der Waals surface area contributed by atoms with Crippen LogP contribution in [0.5, 0.6) is 0 Å². The maximum absolute atomic E-state index is 13.5. The van der Waals surface area contributed by atoms with Crippen molar-refractivity contribution in [3.8, 4) is 22.2 Å². The average molecular weight is 479 g/mol. The Kier molecular flexibility index (Phi) is 7.04. The monoisotopic (exact) mass is 478 g/mol. The number of nitrogens with zero attached hydrogens (tertiary/aromatic N) is 3. The van der Waals surface area contributed by atoms with E-state index in [0.717, 1.165) is 26.1 Å². The second-order valence-corrected chi connectivity index (χ2v) is 11.3. The smallest absolute Gasteiger partial charge is 0.268 e. The molecule has 0 amide bonds. The number of hydrogen-bond acceptors (Lipinski definition) is 7. The minimum absolute atomic E-state index is 0.207. The second kappa shape index (κ2) is 9.78. The molecule has 32 heavy (non-hydrogen) atoms. The third-order valence-corrected chi connectivity index (χ3v) is 8.32. The second-order valence-electron chi connectivity index (χ2n) is 8.26. The summed E-state index contributed by atoms with van der Waals surface area (Å²) in [6.45, 7) is 7.47. The summed E-state index contributed by atoms with van der Waals surface area (Å²) >= 11 is 1.27. The Hall–Kier alpha value is -2.14. The molecule has 7 nitrogen and oxygen atoms in total. The highest BCUT2D eigenvalue weighted by atomic mass is 32.2. The summed E-state index contributed by atoms with van der Waals surface area (Å²) in [4.78, 5) is 8.13. The molecule has 1 fully saturated rings. The largest absolute Gasteiger partial charge is 0.333 e. The van der Waals surface area contributed by atoms with Crippen molar-refractivity contribution in [1.29, 1.82) is 0 Å². The van der Waals surface area contributed by atoms with E-state index in [1.165, 1.54) is 36.3 Å². The predicted molar refractivity (Wildman–Crippen MR) is 122 cm³/mol. The van der Waals surface area contributed by atoms with Crippen molar-refractivity contribution in [2.24, 2.45) is 5.92 Å². The van der Waals surface area contributed by atoms with Gasteiger partial charge in [-0.05, 0) is 63.4 Å². The van der Waals surface area contributed by atoms with Crippen LogP contribution in [0.3, 0.4) is 0 Å². The van der Waals surface area contributed by atoms with E-state index < -0.39 is 15.8 Å². The van der Waals surface area contributed by atoms with Crippen LogP contribution < -0.4 is 4.72 Å². The number of sulfonamides is 1. The van der Waals surface area contributed by atoms with Gasteiger partial charge in [-0.25, -0.2) is 17.5 Å². The van der Waals surface area contributed by atoms with Crippen molar-refractivity contribution in [2.45, 2.75) is 38.0 Å². The van der Waals surface area contributed by atoms with Gasteiger partial charge in [0.25, 0.3) is 5.89 Å². The number of hydrogen-bond donors (Lipinski definition) is 1. The van der Waals surface area contributed by atoms with Crippen LogP contribution in [0.25, 0.3) is 22.2 Å². The minimum Gasteiger partial charge on any atom is -0.333 e. The zero-order chi connectivity index (χ0) is 22.7. The third kappa shape index (κ3) is 5.43. The van der Waals surface area contributed by atoms with Gasteiger partial charge in [0.1, 0.15) is 5.82 Å². The lowest BCUT2D eigenvalue weighted by atomic mass is 10.0. The van der Waals surface area contributed by atoms with Gasteiger partial charge in [-0.1, -0.05) is 24.2 Å². The molecule has 1 atom stereocenters. The summed E-state index contributed by atoms with van der Waals surface area (Å²) in [5.41, 5.74) is 0.492. The Morgan fingerprint density at radius 1 is 1.34 bits per heavy atom. The highest BCUT2D eigenvalue weighted by Crippen LogP contribution is 2.33. The van der Waals surface area contributed by atoms with Gasteiger partial charge in [0.15, 0.2) is 0 Å². The lowest BCUT2D eigenvalue weighted by Crippen LogP contribution is -2.36. The summed E-state index contributed by atoms with van der Waals surface area (Å²) in [5, 5.41) is 3.90. The number of thiophene rings is 1. The highest BCUT2D eigenvalue weighted by molar-refractivity contribution is 7.89. The molecule has 3 aromatic rings. The standard InChI is InChI=1S/C22H27FN4O3S2/c1-15-6-4-10-27(14-15)11-5-9-24-32(28,29)20-13-19(31-16(20)2)22-25-21(26-30-22)17-7-3-8-18(23)12-17/h3,7-8,12-13,15,24H,4-6,9-11,14H2,1-2H3/t15-/m0/s1. The molecule has 10 heteroatoms. The lowest BCUT2D eigenvalue weighted by Gasteiger charge is -2.30. The predicted octanol–water partition coefficient (Wildman–Crippen LogP) is 4.31. The number of likely N-dealkylation sites (tertiary alicyclic amines) is 1. The summed E-state index contributed by atoms with van der Waals surface area (Å²) in [5.74, 6) is 0.770. The molecule has 4 rings (SSSR count). The summed E-state index contributed by atoms with van der Waals surface area (Å²) in [7, 11) is -3.64. The van der Waals surface area contributed by atoms with Crippen molar-refractivity contribution >= 4 is 21.4 Å². The zero-order valence-electron chi connectivity index (χ0n) is 18.2. The molecule has 0 aliphatic carbocycles. The molecule has 1 aromatic carbocycles. The molecule has 0 spiro atoms. The molecule has 0 radical (unpaired) electrons. The van der Waals surface area contributed by atoms with Crippen LogP contribution in [0.15, 0.2) is 39.8 Å². The summed E-state index contributed by atoms with van der Waals surface area (Å²) in [6.07, 6.45) is 3.25. The van der Waals surface area contributed by atoms with Gasteiger partial charge in [-0.3, -0.25) is 0 Å². The fourth-order valence-corrected chi connectivity index (χ4v) is 6.57. The molecule has 0 unspecified atom stereocenters. The van der Waals surface area contributed by atoms with Crippen LogP contribution in [-0.4, -0.2) is 49.6 Å². The first-order valence-corrected chi connectivity index (χ1v) is 13.0. The first-order valence-electron chi connectivity index (χ1n) is 10.7. The van der Waals surface area contributed by atoms with Crippen molar-refractivity contribution in [3.05, 3.63) is 41.0 Å². The van der Waals surface area contributed by atoms with Gasteiger partial charge in [-0.15, -0.1) is 11.3 Å². The highest BCUT2D eigenvalue weighted by Gasteiger charge is 2.23. The SMILES string of the molecule is Cc1sc(-c2nc(-c3cccc(F)c3)no2)cc1S(=O)(=O)NCCCN1CCC[C@H](C)C1. The van der Waals surface area contributed by atoms with Crippen LogP contribution in [0.2, 0.25) is 0 Å².